The Hall–Kier alpha value is -2.18. The van der Waals surface area contributed by atoms with Crippen molar-refractivity contribution in [3.8, 4) is 11.6 Å². The zero-order valence-corrected chi connectivity index (χ0v) is 11.4. The predicted molar refractivity (Wildman–Crippen MR) is 75.0 cm³/mol. The molecule has 0 bridgehead atoms. The third kappa shape index (κ3) is 3.04. The highest BCUT2D eigenvalue weighted by Crippen LogP contribution is 2.33. The summed E-state index contributed by atoms with van der Waals surface area (Å²) in [5.41, 5.74) is 6.92. The maximum absolute atomic E-state index is 11.0. The molecule has 1 aromatic heterocycles. The Morgan fingerprint density at radius 2 is 2.20 bits per heavy atom. The number of rotatable bonds is 4. The number of hydrogen-bond acceptors (Lipinski definition) is 5. The first-order valence-electron chi connectivity index (χ1n) is 5.78. The van der Waals surface area contributed by atoms with E-state index >= 15 is 0 Å². The summed E-state index contributed by atoms with van der Waals surface area (Å²) in [6.07, 6.45) is 1.57. The number of aromatic nitrogens is 1. The monoisotopic (exact) mass is 293 g/mol. The van der Waals surface area contributed by atoms with Gasteiger partial charge >= 0.3 is 5.69 Å². The zero-order valence-electron chi connectivity index (χ0n) is 10.7. The van der Waals surface area contributed by atoms with E-state index in [1.54, 1.807) is 13.1 Å². The second-order valence-electron chi connectivity index (χ2n) is 4.14. The van der Waals surface area contributed by atoms with Crippen molar-refractivity contribution >= 4 is 17.3 Å². The van der Waals surface area contributed by atoms with E-state index in [0.717, 1.165) is 11.1 Å². The zero-order chi connectivity index (χ0) is 14.7. The van der Waals surface area contributed by atoms with Crippen LogP contribution in [0.1, 0.15) is 11.1 Å². The van der Waals surface area contributed by atoms with E-state index in [0.29, 0.717) is 12.4 Å². The summed E-state index contributed by atoms with van der Waals surface area (Å²) in [7, 11) is 0. The van der Waals surface area contributed by atoms with Gasteiger partial charge in [-0.3, -0.25) is 10.1 Å². The molecule has 2 aromatic rings. The number of hydrogen-bond donors (Lipinski definition) is 1. The lowest BCUT2D eigenvalue weighted by atomic mass is 10.2. The third-order valence-electron chi connectivity index (χ3n) is 2.65. The molecule has 2 N–H and O–H groups in total. The van der Waals surface area contributed by atoms with Crippen molar-refractivity contribution in [3.63, 3.8) is 0 Å². The van der Waals surface area contributed by atoms with Crippen LogP contribution in [-0.2, 0) is 6.54 Å². The molecule has 104 valence electrons. The summed E-state index contributed by atoms with van der Waals surface area (Å²) in [5.74, 6) is 0.392. The van der Waals surface area contributed by atoms with Crippen LogP contribution < -0.4 is 10.5 Å². The van der Waals surface area contributed by atoms with Gasteiger partial charge in [-0.15, -0.1) is 0 Å². The molecule has 0 unspecified atom stereocenters. The average Bonchev–Trinajstić information content (AvgIpc) is 2.42. The van der Waals surface area contributed by atoms with E-state index in [1.807, 2.05) is 6.07 Å². The second kappa shape index (κ2) is 5.85. The van der Waals surface area contributed by atoms with Gasteiger partial charge in [0.1, 0.15) is 0 Å². The van der Waals surface area contributed by atoms with Crippen LogP contribution >= 0.6 is 11.6 Å². The number of aryl methyl sites for hydroxylation is 1. The van der Waals surface area contributed by atoms with Crippen LogP contribution in [0, 0.1) is 17.0 Å². The molecule has 0 aliphatic heterocycles. The summed E-state index contributed by atoms with van der Waals surface area (Å²) in [4.78, 5) is 14.5. The maximum Gasteiger partial charge on any atom is 0.313 e. The molecule has 0 aliphatic carbocycles. The number of nitro benzene ring substituents is 1. The van der Waals surface area contributed by atoms with E-state index in [-0.39, 0.29) is 16.5 Å². The molecule has 0 fully saturated rings. The fourth-order valence-electron chi connectivity index (χ4n) is 1.66. The third-order valence-corrected chi connectivity index (χ3v) is 2.88. The molecule has 0 aliphatic rings. The van der Waals surface area contributed by atoms with Crippen molar-refractivity contribution in [1.29, 1.82) is 0 Å². The van der Waals surface area contributed by atoms with Crippen LogP contribution in [-0.4, -0.2) is 9.91 Å². The minimum Gasteiger partial charge on any atom is -0.432 e. The van der Waals surface area contributed by atoms with Crippen molar-refractivity contribution < 1.29 is 9.66 Å². The van der Waals surface area contributed by atoms with Gasteiger partial charge in [-0.2, -0.15) is 0 Å². The molecule has 0 saturated carbocycles. The van der Waals surface area contributed by atoms with Crippen LogP contribution in [0.15, 0.2) is 30.5 Å². The molecule has 0 saturated heterocycles. The molecule has 0 atom stereocenters. The molecule has 1 aromatic carbocycles. The van der Waals surface area contributed by atoms with Crippen LogP contribution in [0.2, 0.25) is 5.02 Å². The highest BCUT2D eigenvalue weighted by molar-refractivity contribution is 6.30. The molecule has 0 amide bonds. The van der Waals surface area contributed by atoms with Gasteiger partial charge in [0.15, 0.2) is 0 Å². The number of nitrogens with zero attached hydrogens (tertiary/aromatic N) is 2. The SMILES string of the molecule is Cc1cc(CN)cnc1Oc1ccc(Cl)cc1[N+](=O)[O-]. The molecule has 20 heavy (non-hydrogen) atoms. The quantitative estimate of drug-likeness (QED) is 0.690. The smallest absolute Gasteiger partial charge is 0.313 e. The van der Waals surface area contributed by atoms with Gasteiger partial charge in [-0.25, -0.2) is 4.98 Å². The largest absolute Gasteiger partial charge is 0.432 e. The fourth-order valence-corrected chi connectivity index (χ4v) is 1.83. The predicted octanol–water partition coefficient (Wildman–Crippen LogP) is 3.20. The Labute approximate surface area is 120 Å². The van der Waals surface area contributed by atoms with E-state index in [9.17, 15) is 10.1 Å². The van der Waals surface area contributed by atoms with Crippen LogP contribution in [0.25, 0.3) is 0 Å². The summed E-state index contributed by atoms with van der Waals surface area (Å²) >= 11 is 5.75. The lowest BCUT2D eigenvalue weighted by Gasteiger charge is -2.09. The Morgan fingerprint density at radius 3 is 2.80 bits per heavy atom. The van der Waals surface area contributed by atoms with Crippen molar-refractivity contribution in [2.24, 2.45) is 5.73 Å². The Bertz CT molecular complexity index is 661. The molecule has 7 heteroatoms. The number of nitro groups is 1. The van der Waals surface area contributed by atoms with Gasteiger partial charge in [0.25, 0.3) is 0 Å². The van der Waals surface area contributed by atoms with E-state index in [2.05, 4.69) is 4.98 Å². The van der Waals surface area contributed by atoms with Crippen LogP contribution in [0.3, 0.4) is 0 Å². The normalized spacial score (nSPS) is 10.3. The minimum absolute atomic E-state index is 0.0931. The minimum atomic E-state index is -0.551. The van der Waals surface area contributed by atoms with E-state index in [4.69, 9.17) is 22.1 Å². The first kappa shape index (κ1) is 14.2. The van der Waals surface area contributed by atoms with E-state index < -0.39 is 4.92 Å². The number of halogens is 1. The summed E-state index contributed by atoms with van der Waals surface area (Å²) in [6.45, 7) is 2.17. The van der Waals surface area contributed by atoms with Gasteiger partial charge in [-0.1, -0.05) is 11.6 Å². The van der Waals surface area contributed by atoms with Crippen LogP contribution in [0.5, 0.6) is 11.6 Å². The first-order chi connectivity index (χ1) is 9.51. The highest BCUT2D eigenvalue weighted by Gasteiger charge is 2.17. The lowest BCUT2D eigenvalue weighted by Crippen LogP contribution is -2.00. The van der Waals surface area contributed by atoms with Crippen molar-refractivity contribution in [3.05, 3.63) is 56.7 Å². The topological polar surface area (TPSA) is 91.3 Å². The summed E-state index contributed by atoms with van der Waals surface area (Å²) in [5, 5.41) is 11.3. The van der Waals surface area contributed by atoms with Gasteiger partial charge in [0.2, 0.25) is 11.6 Å². The maximum atomic E-state index is 11.0. The number of pyridine rings is 1. The molecular weight excluding hydrogens is 282 g/mol. The van der Waals surface area contributed by atoms with Crippen molar-refractivity contribution in [1.82, 2.24) is 4.98 Å². The Kier molecular flexibility index (Phi) is 4.16. The van der Waals surface area contributed by atoms with E-state index in [1.165, 1.54) is 18.2 Å². The molecule has 0 radical (unpaired) electrons. The number of nitrogens with two attached hydrogens (primary N) is 1. The van der Waals surface area contributed by atoms with Crippen LogP contribution in [0.4, 0.5) is 5.69 Å². The fraction of sp³-hybridized carbons (Fsp3) is 0.154. The number of ether oxygens (including phenoxy) is 1. The van der Waals surface area contributed by atoms with Gasteiger partial charge in [0, 0.05) is 29.4 Å². The summed E-state index contributed by atoms with van der Waals surface area (Å²) in [6, 6.07) is 6.02. The number of benzene rings is 1. The Morgan fingerprint density at radius 1 is 1.45 bits per heavy atom. The summed E-state index contributed by atoms with van der Waals surface area (Å²) < 4.78 is 5.50. The lowest BCUT2D eigenvalue weighted by molar-refractivity contribution is -0.385. The molecular formula is C13H12ClN3O3. The molecule has 0 spiro atoms. The van der Waals surface area contributed by atoms with Gasteiger partial charge < -0.3 is 10.5 Å². The highest BCUT2D eigenvalue weighted by atomic mass is 35.5. The molecule has 1 heterocycles. The van der Waals surface area contributed by atoms with Crippen molar-refractivity contribution in [2.45, 2.75) is 13.5 Å². The second-order valence-corrected chi connectivity index (χ2v) is 4.58. The van der Waals surface area contributed by atoms with Gasteiger partial charge in [-0.05, 0) is 30.7 Å². The van der Waals surface area contributed by atoms with Gasteiger partial charge in [0.05, 0.1) is 4.92 Å². The van der Waals surface area contributed by atoms with Crippen molar-refractivity contribution in [2.75, 3.05) is 0 Å². The average molecular weight is 294 g/mol. The molecule has 6 nitrogen and oxygen atoms in total. The first-order valence-corrected chi connectivity index (χ1v) is 6.16. The Balaban J connectivity index is 2.37. The molecule has 2 rings (SSSR count). The standard InChI is InChI=1S/C13H12ClN3O3/c1-8-4-9(6-15)7-16-13(8)20-12-3-2-10(14)5-11(12)17(18)19/h2-5,7H,6,15H2,1H3.